The van der Waals surface area contributed by atoms with E-state index in [1.54, 1.807) is 49.6 Å². The number of benzene rings is 1. The van der Waals surface area contributed by atoms with Gasteiger partial charge in [-0.1, -0.05) is 49.3 Å². The van der Waals surface area contributed by atoms with E-state index in [4.69, 9.17) is 23.9 Å². The number of aromatic nitrogens is 2. The average Bonchev–Trinajstić information content (AvgIpc) is 3.38. The topological polar surface area (TPSA) is 143 Å². The second kappa shape index (κ2) is 13.2. The number of fused-ring (bicyclic) bond motifs is 5. The van der Waals surface area contributed by atoms with Gasteiger partial charge in [0.25, 0.3) is 5.56 Å². The van der Waals surface area contributed by atoms with Crippen molar-refractivity contribution >= 4 is 50.6 Å². The quantitative estimate of drug-likeness (QED) is 0.0883. The van der Waals surface area contributed by atoms with Gasteiger partial charge in [0.15, 0.2) is 0 Å². The lowest BCUT2D eigenvalue weighted by atomic mass is 9.85. The third kappa shape index (κ3) is 6.31. The van der Waals surface area contributed by atoms with Crippen molar-refractivity contribution in [2.24, 2.45) is 5.92 Å². The summed E-state index contributed by atoms with van der Waals surface area (Å²) in [4.78, 5) is 56.9. The van der Waals surface area contributed by atoms with Gasteiger partial charge in [0, 0.05) is 22.3 Å². The Labute approximate surface area is 274 Å². The molecule has 0 amide bonds. The zero-order chi connectivity index (χ0) is 33.4. The molecule has 13 heteroatoms. The molecule has 3 aromatic rings. The highest BCUT2D eigenvalue weighted by molar-refractivity contribution is 8.77. The second-order valence-electron chi connectivity index (χ2n) is 12.2. The molecule has 0 saturated carbocycles. The number of aromatic hydroxyl groups is 1. The van der Waals surface area contributed by atoms with Crippen molar-refractivity contribution in [2.75, 3.05) is 19.0 Å². The van der Waals surface area contributed by atoms with Crippen molar-refractivity contribution < 1.29 is 38.4 Å². The van der Waals surface area contributed by atoms with Crippen molar-refractivity contribution in [1.82, 2.24) is 9.55 Å². The molecular weight excluding hydrogens is 633 g/mol. The predicted molar refractivity (Wildman–Crippen MR) is 176 cm³/mol. The molecule has 0 fully saturated rings. The third-order valence-corrected chi connectivity index (χ3v) is 11.3. The fraction of sp³-hybridized carbons (Fsp3) is 0.485. The molecule has 1 atom stereocenters. The number of rotatable bonds is 11. The van der Waals surface area contributed by atoms with Crippen LogP contribution in [0.25, 0.3) is 22.3 Å². The van der Waals surface area contributed by atoms with Crippen LogP contribution in [0.1, 0.15) is 70.2 Å². The van der Waals surface area contributed by atoms with Gasteiger partial charge in [-0.05, 0) is 56.5 Å². The molecule has 46 heavy (non-hydrogen) atoms. The number of pyridine rings is 2. The Morgan fingerprint density at radius 3 is 2.61 bits per heavy atom. The molecule has 4 heterocycles. The molecule has 0 radical (unpaired) electrons. The number of cyclic esters (lactones) is 1. The molecule has 246 valence electrons. The first-order chi connectivity index (χ1) is 21.8. The predicted octanol–water partition coefficient (Wildman–Crippen LogP) is 5.87. The van der Waals surface area contributed by atoms with E-state index >= 15 is 0 Å². The number of carbonyl (C=O) groups excluding carboxylic acids is 3. The maximum absolute atomic E-state index is 13.9. The lowest BCUT2D eigenvalue weighted by Gasteiger charge is -2.35. The minimum Gasteiger partial charge on any atom is -0.508 e. The second-order valence-corrected chi connectivity index (χ2v) is 15.3. The normalized spacial score (nSPS) is 16.9. The molecule has 11 nitrogen and oxygen atoms in total. The number of carbonyl (C=O) groups is 3. The van der Waals surface area contributed by atoms with Crippen LogP contribution in [0.2, 0.25) is 0 Å². The molecular formula is C33H38N2O9S2. The Balaban J connectivity index is 1.38. The third-order valence-electron chi connectivity index (χ3n) is 8.07. The molecule has 5 rings (SSSR count). The molecule has 0 spiro atoms. The van der Waals surface area contributed by atoms with E-state index in [9.17, 15) is 24.3 Å². The van der Waals surface area contributed by atoms with Gasteiger partial charge in [-0.15, -0.1) is 0 Å². The summed E-state index contributed by atoms with van der Waals surface area (Å²) in [6.07, 6.45) is -0.395. The fourth-order valence-corrected chi connectivity index (χ4v) is 7.90. The lowest BCUT2D eigenvalue weighted by molar-refractivity contribution is -0.175. The molecule has 2 aromatic heterocycles. The Hall–Kier alpha value is -3.71. The summed E-state index contributed by atoms with van der Waals surface area (Å²) in [7, 11) is 2.96. The molecule has 0 aliphatic carbocycles. The maximum Gasteiger partial charge on any atom is 0.509 e. The molecule has 0 saturated heterocycles. The van der Waals surface area contributed by atoms with Crippen molar-refractivity contribution in [2.45, 2.75) is 77.9 Å². The average molecular weight is 671 g/mol. The van der Waals surface area contributed by atoms with Gasteiger partial charge in [0.05, 0.1) is 39.7 Å². The number of nitrogens with zero attached hydrogens (tertiary/aromatic N) is 2. The lowest BCUT2D eigenvalue weighted by Crippen LogP contribution is -2.47. The van der Waals surface area contributed by atoms with Crippen LogP contribution in [0.3, 0.4) is 0 Å². The van der Waals surface area contributed by atoms with Crippen LogP contribution in [-0.2, 0) is 53.7 Å². The Morgan fingerprint density at radius 1 is 1.15 bits per heavy atom. The Morgan fingerprint density at radius 2 is 1.91 bits per heavy atom. The van der Waals surface area contributed by atoms with Crippen LogP contribution in [-0.4, -0.2) is 56.5 Å². The Kier molecular flexibility index (Phi) is 9.65. The SMILES string of the molecule is CCc1c2c(nc3ccc(O)cc13)-c1cc3c(c(=O)n1C2)COC(=O)[C@@]3(CC)OC(=O)OCC(C)(C)SSCCOC(=O)C(C)C. The number of esters is 2. The number of aryl methyl sites for hydroxylation is 1. The zero-order valence-corrected chi connectivity index (χ0v) is 28.4. The molecule has 0 unspecified atom stereocenters. The molecule has 0 bridgehead atoms. The number of ether oxygens (including phenoxy) is 4. The summed E-state index contributed by atoms with van der Waals surface area (Å²) < 4.78 is 23.0. The van der Waals surface area contributed by atoms with Crippen LogP contribution in [0.4, 0.5) is 4.79 Å². The summed E-state index contributed by atoms with van der Waals surface area (Å²) >= 11 is 0. The summed E-state index contributed by atoms with van der Waals surface area (Å²) in [6.45, 7) is 11.3. The molecule has 2 aliphatic rings. The molecule has 1 aromatic carbocycles. The van der Waals surface area contributed by atoms with Crippen LogP contribution < -0.4 is 5.56 Å². The highest BCUT2D eigenvalue weighted by Crippen LogP contribution is 2.43. The number of phenolic OH excluding ortho intramolecular Hbond substituents is 1. The number of hydrogen-bond donors (Lipinski definition) is 1. The molecule has 1 N–H and O–H groups in total. The summed E-state index contributed by atoms with van der Waals surface area (Å²) in [5.41, 5.74) is 1.89. The minimum absolute atomic E-state index is 0.0113. The summed E-state index contributed by atoms with van der Waals surface area (Å²) in [5.74, 6) is -0.528. The van der Waals surface area contributed by atoms with Gasteiger partial charge in [-0.25, -0.2) is 14.6 Å². The van der Waals surface area contributed by atoms with Crippen LogP contribution >= 0.6 is 21.6 Å². The zero-order valence-electron chi connectivity index (χ0n) is 26.8. The van der Waals surface area contributed by atoms with E-state index in [1.165, 1.54) is 21.6 Å². The van der Waals surface area contributed by atoms with Crippen LogP contribution in [0, 0.1) is 5.92 Å². The number of hydrogen-bond acceptors (Lipinski definition) is 12. The van der Waals surface area contributed by atoms with Crippen molar-refractivity contribution in [3.05, 3.63) is 56.9 Å². The summed E-state index contributed by atoms with van der Waals surface area (Å²) in [5, 5.41) is 10.9. The van der Waals surface area contributed by atoms with Gasteiger partial charge in [0.2, 0.25) is 5.60 Å². The monoisotopic (exact) mass is 670 g/mol. The van der Waals surface area contributed by atoms with Gasteiger partial charge in [0.1, 0.15) is 25.6 Å². The van der Waals surface area contributed by atoms with Crippen molar-refractivity contribution in [1.29, 1.82) is 0 Å². The van der Waals surface area contributed by atoms with Gasteiger partial charge in [-0.3, -0.25) is 9.59 Å². The van der Waals surface area contributed by atoms with E-state index in [0.717, 1.165) is 16.5 Å². The minimum atomic E-state index is -1.88. The first kappa shape index (κ1) is 33.6. The van der Waals surface area contributed by atoms with Crippen LogP contribution in [0.15, 0.2) is 29.1 Å². The standard InChI is InChI=1S/C33H38N2O9S2/c1-7-20-21-13-19(36)9-10-25(21)34-27-22(20)15-35-26(27)14-24-23(28(35)37)16-42-30(39)33(24,8-2)44-31(40)43-17-32(5,6)46-45-12-11-41-29(38)18(3)4/h9-10,13-14,18,36H,7-8,11-12,15-17H2,1-6H3/t33-/m0/s1. The van der Waals surface area contributed by atoms with Crippen molar-refractivity contribution in [3.8, 4) is 17.1 Å². The van der Waals surface area contributed by atoms with Crippen LogP contribution in [0.5, 0.6) is 5.75 Å². The largest absolute Gasteiger partial charge is 0.509 e. The smallest absolute Gasteiger partial charge is 0.508 e. The highest BCUT2D eigenvalue weighted by atomic mass is 33.1. The van der Waals surface area contributed by atoms with E-state index in [-0.39, 0.29) is 67.1 Å². The molecule has 2 aliphatic heterocycles. The van der Waals surface area contributed by atoms with Crippen molar-refractivity contribution in [3.63, 3.8) is 0 Å². The first-order valence-corrected chi connectivity index (χ1v) is 17.6. The van der Waals surface area contributed by atoms with Gasteiger partial charge >= 0.3 is 18.1 Å². The van der Waals surface area contributed by atoms with E-state index < -0.39 is 22.5 Å². The van der Waals surface area contributed by atoms with E-state index in [2.05, 4.69) is 0 Å². The fourth-order valence-electron chi connectivity index (χ4n) is 5.68. The van der Waals surface area contributed by atoms with E-state index in [1.807, 2.05) is 20.8 Å². The maximum atomic E-state index is 13.9. The van der Waals surface area contributed by atoms with Gasteiger partial charge < -0.3 is 28.6 Å². The highest BCUT2D eigenvalue weighted by Gasteiger charge is 2.51. The van der Waals surface area contributed by atoms with E-state index in [0.29, 0.717) is 29.1 Å². The Bertz CT molecular complexity index is 1770. The summed E-state index contributed by atoms with van der Waals surface area (Å²) in [6, 6.07) is 6.68. The first-order valence-electron chi connectivity index (χ1n) is 15.2. The number of phenols is 1. The van der Waals surface area contributed by atoms with Gasteiger partial charge in [-0.2, -0.15) is 0 Å².